The second-order valence-electron chi connectivity index (χ2n) is 8.97. The van der Waals surface area contributed by atoms with Crippen LogP contribution in [0.25, 0.3) is 21.2 Å². The van der Waals surface area contributed by atoms with E-state index in [1.807, 2.05) is 12.1 Å². The third-order valence-electron chi connectivity index (χ3n) is 6.75. The molecule has 3 nitrogen and oxygen atoms in total. The molecule has 2 heterocycles. The van der Waals surface area contributed by atoms with Gasteiger partial charge >= 0.3 is 5.97 Å². The van der Waals surface area contributed by atoms with Gasteiger partial charge in [-0.1, -0.05) is 50.4 Å². The Morgan fingerprint density at radius 3 is 2.88 bits per heavy atom. The third-order valence-corrected chi connectivity index (χ3v) is 7.93. The molecule has 4 rings (SSSR count). The monoisotopic (exact) mass is 473 g/mol. The van der Waals surface area contributed by atoms with E-state index in [2.05, 4.69) is 18.7 Å². The van der Waals surface area contributed by atoms with E-state index in [0.717, 1.165) is 52.5 Å². The molecule has 2 aromatic carbocycles. The van der Waals surface area contributed by atoms with Crippen molar-refractivity contribution in [2.75, 3.05) is 18.0 Å². The summed E-state index contributed by atoms with van der Waals surface area (Å²) in [7, 11) is 0. The molecule has 1 saturated heterocycles. The quantitative estimate of drug-likeness (QED) is 0.376. The molecule has 170 valence electrons. The molecule has 1 fully saturated rings. The van der Waals surface area contributed by atoms with Gasteiger partial charge in [0.05, 0.1) is 11.3 Å². The number of piperidine rings is 1. The first kappa shape index (κ1) is 23.1. The van der Waals surface area contributed by atoms with Crippen LogP contribution in [-0.4, -0.2) is 24.2 Å². The fraction of sp³-hybridized carbons (Fsp3) is 0.423. The summed E-state index contributed by atoms with van der Waals surface area (Å²) < 4.78 is 15.6. The largest absolute Gasteiger partial charge is 0.478 e. The van der Waals surface area contributed by atoms with E-state index in [0.29, 0.717) is 22.1 Å². The molecule has 1 aliphatic heterocycles. The van der Waals surface area contributed by atoms with Crippen LogP contribution in [0, 0.1) is 17.0 Å². The van der Waals surface area contributed by atoms with Gasteiger partial charge in [-0.15, -0.1) is 11.3 Å². The molecule has 32 heavy (non-hydrogen) atoms. The Morgan fingerprint density at radius 1 is 1.31 bits per heavy atom. The first-order chi connectivity index (χ1) is 15.4. The van der Waals surface area contributed by atoms with Crippen molar-refractivity contribution in [1.82, 2.24) is 0 Å². The summed E-state index contributed by atoms with van der Waals surface area (Å²) in [5.41, 5.74) is 2.00. The molecule has 0 radical (unpaired) electrons. The molecule has 1 aliphatic rings. The van der Waals surface area contributed by atoms with Crippen LogP contribution in [0.15, 0.2) is 36.4 Å². The lowest BCUT2D eigenvalue weighted by Gasteiger charge is -2.35. The summed E-state index contributed by atoms with van der Waals surface area (Å²) in [6.07, 6.45) is 5.86. The number of anilines is 1. The smallest absolute Gasteiger partial charge is 0.337 e. The Kier molecular flexibility index (Phi) is 7.06. The van der Waals surface area contributed by atoms with Crippen molar-refractivity contribution in [3.63, 3.8) is 0 Å². The fourth-order valence-electron chi connectivity index (χ4n) is 4.69. The van der Waals surface area contributed by atoms with Gasteiger partial charge in [0.15, 0.2) is 5.13 Å². The Labute approximate surface area is 197 Å². The number of benzene rings is 2. The minimum atomic E-state index is -0.980. The van der Waals surface area contributed by atoms with Gasteiger partial charge in [-0.05, 0) is 60.9 Å². The minimum Gasteiger partial charge on any atom is -0.478 e. The summed E-state index contributed by atoms with van der Waals surface area (Å²) in [6, 6.07) is 10.6. The van der Waals surface area contributed by atoms with Crippen molar-refractivity contribution in [1.29, 1.82) is 0 Å². The standard InChI is InChI=1S/C26H29ClFNO2S/c1-3-16(2)6-7-17-5-4-12-29(15-17)22-11-8-18(13-21(22)26(30)31)24-20-10-9-19(27)14-23(20)32-25(24)28/h8-11,13-14,16-17H,3-7,12,15H2,1-2H3,(H,30,31)/t16-,17-/m1/s1. The molecule has 6 heteroatoms. The third kappa shape index (κ3) is 4.79. The molecule has 0 amide bonds. The Hall–Kier alpha value is -2.11. The second-order valence-corrected chi connectivity index (χ2v) is 10.4. The topological polar surface area (TPSA) is 40.5 Å². The maximum absolute atomic E-state index is 14.9. The molecular formula is C26H29ClFNO2S. The van der Waals surface area contributed by atoms with E-state index in [4.69, 9.17) is 11.6 Å². The average molecular weight is 474 g/mol. The summed E-state index contributed by atoms with van der Waals surface area (Å²) >= 11 is 7.10. The number of rotatable bonds is 7. The fourth-order valence-corrected chi connectivity index (χ4v) is 5.92. The van der Waals surface area contributed by atoms with Crippen LogP contribution in [0.1, 0.15) is 56.3 Å². The predicted molar refractivity (Wildman–Crippen MR) is 133 cm³/mol. The number of carbonyl (C=O) groups is 1. The number of nitrogens with zero attached hydrogens (tertiary/aromatic N) is 1. The first-order valence-electron chi connectivity index (χ1n) is 11.4. The summed E-state index contributed by atoms with van der Waals surface area (Å²) in [6.45, 7) is 6.26. The molecular weight excluding hydrogens is 445 g/mol. The molecule has 0 saturated carbocycles. The highest BCUT2D eigenvalue weighted by Gasteiger charge is 2.25. The Bertz CT molecular complexity index is 1130. The van der Waals surface area contributed by atoms with Gasteiger partial charge in [0, 0.05) is 33.8 Å². The van der Waals surface area contributed by atoms with Crippen LogP contribution >= 0.6 is 22.9 Å². The van der Waals surface area contributed by atoms with E-state index in [-0.39, 0.29) is 10.7 Å². The summed E-state index contributed by atoms with van der Waals surface area (Å²) in [4.78, 5) is 14.4. The van der Waals surface area contributed by atoms with Gasteiger partial charge in [-0.25, -0.2) is 4.79 Å². The zero-order chi connectivity index (χ0) is 22.8. The molecule has 0 bridgehead atoms. The molecule has 0 aliphatic carbocycles. The van der Waals surface area contributed by atoms with Crippen LogP contribution in [0.5, 0.6) is 0 Å². The zero-order valence-corrected chi connectivity index (χ0v) is 20.1. The average Bonchev–Trinajstić information content (AvgIpc) is 3.11. The highest BCUT2D eigenvalue weighted by molar-refractivity contribution is 7.18. The predicted octanol–water partition coefficient (Wildman–Crippen LogP) is 8.10. The molecule has 2 atom stereocenters. The number of halogens is 2. The van der Waals surface area contributed by atoms with Crippen molar-refractivity contribution < 1.29 is 14.3 Å². The SMILES string of the molecule is CC[C@@H](C)CC[C@H]1CCCN(c2ccc(-c3c(F)sc4cc(Cl)ccc34)cc2C(=O)O)C1. The molecule has 0 unspecified atom stereocenters. The van der Waals surface area contributed by atoms with Crippen LogP contribution in [0.3, 0.4) is 0 Å². The summed E-state index contributed by atoms with van der Waals surface area (Å²) in [5.74, 6) is 0.332. The van der Waals surface area contributed by atoms with Gasteiger partial charge in [-0.2, -0.15) is 4.39 Å². The van der Waals surface area contributed by atoms with Gasteiger partial charge in [0.25, 0.3) is 0 Å². The maximum Gasteiger partial charge on any atom is 0.337 e. The highest BCUT2D eigenvalue weighted by Crippen LogP contribution is 2.40. The van der Waals surface area contributed by atoms with Crippen molar-refractivity contribution >= 4 is 44.7 Å². The van der Waals surface area contributed by atoms with Crippen molar-refractivity contribution in [3.8, 4) is 11.1 Å². The van der Waals surface area contributed by atoms with E-state index < -0.39 is 5.97 Å². The van der Waals surface area contributed by atoms with E-state index in [9.17, 15) is 14.3 Å². The van der Waals surface area contributed by atoms with Gasteiger partial charge in [0.2, 0.25) is 0 Å². The Morgan fingerprint density at radius 2 is 2.12 bits per heavy atom. The van der Waals surface area contributed by atoms with E-state index in [1.54, 1.807) is 24.3 Å². The number of fused-ring (bicyclic) bond motifs is 1. The van der Waals surface area contributed by atoms with E-state index in [1.165, 1.54) is 25.7 Å². The molecule has 3 aromatic rings. The number of hydrogen-bond acceptors (Lipinski definition) is 3. The van der Waals surface area contributed by atoms with Gasteiger partial charge in [0.1, 0.15) is 0 Å². The number of hydrogen-bond donors (Lipinski definition) is 1. The lowest BCUT2D eigenvalue weighted by Crippen LogP contribution is -2.36. The van der Waals surface area contributed by atoms with Gasteiger partial charge in [-0.3, -0.25) is 0 Å². The first-order valence-corrected chi connectivity index (χ1v) is 12.6. The molecule has 1 N–H and O–H groups in total. The van der Waals surface area contributed by atoms with Crippen LogP contribution in [0.4, 0.5) is 10.1 Å². The number of carboxylic acids is 1. The Balaban J connectivity index is 1.65. The lowest BCUT2D eigenvalue weighted by molar-refractivity contribution is 0.0697. The van der Waals surface area contributed by atoms with Crippen LogP contribution in [-0.2, 0) is 0 Å². The zero-order valence-electron chi connectivity index (χ0n) is 18.5. The van der Waals surface area contributed by atoms with Gasteiger partial charge < -0.3 is 10.0 Å². The number of carboxylic acid groups (broad SMARTS) is 1. The number of thiophene rings is 1. The van der Waals surface area contributed by atoms with Crippen molar-refractivity contribution in [2.45, 2.75) is 46.0 Å². The van der Waals surface area contributed by atoms with Crippen molar-refractivity contribution in [2.24, 2.45) is 11.8 Å². The number of aromatic carboxylic acids is 1. The highest BCUT2D eigenvalue weighted by atomic mass is 35.5. The van der Waals surface area contributed by atoms with Crippen LogP contribution < -0.4 is 4.90 Å². The minimum absolute atomic E-state index is 0.234. The maximum atomic E-state index is 14.9. The van der Waals surface area contributed by atoms with Crippen molar-refractivity contribution in [3.05, 3.63) is 52.1 Å². The van der Waals surface area contributed by atoms with E-state index >= 15 is 0 Å². The van der Waals surface area contributed by atoms with Crippen LogP contribution in [0.2, 0.25) is 5.02 Å². The molecule has 1 aromatic heterocycles. The molecule has 0 spiro atoms. The second kappa shape index (κ2) is 9.80. The lowest BCUT2D eigenvalue weighted by atomic mass is 9.89. The normalized spacial score (nSPS) is 17.6. The summed E-state index contributed by atoms with van der Waals surface area (Å²) in [5, 5.41) is 11.0.